The summed E-state index contributed by atoms with van der Waals surface area (Å²) < 4.78 is 60.5. The van der Waals surface area contributed by atoms with Crippen LogP contribution in [0.5, 0.6) is 0 Å². The number of rotatable bonds is 7. The van der Waals surface area contributed by atoms with Crippen molar-refractivity contribution in [3.63, 3.8) is 0 Å². The van der Waals surface area contributed by atoms with Crippen molar-refractivity contribution in [2.45, 2.75) is 76.7 Å². The van der Waals surface area contributed by atoms with E-state index in [4.69, 9.17) is 0 Å². The number of amides is 5. The van der Waals surface area contributed by atoms with Crippen molar-refractivity contribution in [3.05, 3.63) is 99.2 Å². The third-order valence-corrected chi connectivity index (χ3v) is 13.5. The Labute approximate surface area is 342 Å². The molecule has 3 aromatic carbocycles. The molecule has 5 amide bonds. The van der Waals surface area contributed by atoms with Crippen LogP contribution in [0, 0.1) is 17.0 Å². The fourth-order valence-electron chi connectivity index (χ4n) is 10.7. The summed E-state index contributed by atoms with van der Waals surface area (Å²) in [6.07, 6.45) is -0.499. The molecular formula is C44H43F4N7O5. The highest BCUT2D eigenvalue weighted by Gasteiger charge is 2.49. The van der Waals surface area contributed by atoms with Gasteiger partial charge in [-0.1, -0.05) is 18.2 Å². The van der Waals surface area contributed by atoms with E-state index >= 15 is 8.78 Å². The van der Waals surface area contributed by atoms with Gasteiger partial charge in [-0.25, -0.2) is 17.6 Å². The maximum absolute atomic E-state index is 16.3. The number of aromatic amines is 1. The number of alkyl halides is 2. The Kier molecular flexibility index (Phi) is 9.17. The normalized spacial score (nSPS) is 24.0. The van der Waals surface area contributed by atoms with Crippen LogP contribution >= 0.6 is 0 Å². The van der Waals surface area contributed by atoms with Gasteiger partial charge in [0.05, 0.1) is 30.3 Å². The number of piperidine rings is 2. The molecule has 16 heteroatoms. The first-order valence-electron chi connectivity index (χ1n) is 20.5. The van der Waals surface area contributed by atoms with Crippen molar-refractivity contribution in [1.29, 1.82) is 0 Å². The van der Waals surface area contributed by atoms with Crippen molar-refractivity contribution < 1.29 is 41.5 Å². The van der Waals surface area contributed by atoms with E-state index in [0.717, 1.165) is 45.3 Å². The zero-order valence-corrected chi connectivity index (χ0v) is 32.9. The number of carbonyl (C=O) groups excluding carboxylic acids is 5. The summed E-state index contributed by atoms with van der Waals surface area (Å²) in [5.74, 6) is -3.91. The number of hydrogen-bond acceptors (Lipinski definition) is 8. The second kappa shape index (κ2) is 14.3. The van der Waals surface area contributed by atoms with Gasteiger partial charge in [0.2, 0.25) is 17.7 Å². The van der Waals surface area contributed by atoms with Crippen molar-refractivity contribution in [3.8, 4) is 0 Å². The maximum Gasteiger partial charge on any atom is 0.262 e. The third-order valence-electron chi connectivity index (χ3n) is 13.5. The fraction of sp³-hybridized carbons (Fsp3) is 0.432. The van der Waals surface area contributed by atoms with E-state index in [0.29, 0.717) is 57.1 Å². The number of fused-ring (bicyclic) bond motifs is 5. The predicted octanol–water partition coefficient (Wildman–Crippen LogP) is 4.89. The van der Waals surface area contributed by atoms with Gasteiger partial charge in [-0.2, -0.15) is 0 Å². The molecule has 3 atom stereocenters. The monoisotopic (exact) mass is 825 g/mol. The quantitative estimate of drug-likeness (QED) is 0.199. The highest BCUT2D eigenvalue weighted by atomic mass is 19.3. The molecule has 0 saturated carbocycles. The average molecular weight is 826 g/mol. The highest BCUT2D eigenvalue weighted by molar-refractivity contribution is 6.23. The molecule has 0 bridgehead atoms. The lowest BCUT2D eigenvalue weighted by Gasteiger charge is -2.55. The van der Waals surface area contributed by atoms with E-state index in [1.807, 2.05) is 45.9 Å². The number of H-pyrrole nitrogens is 1. The van der Waals surface area contributed by atoms with Crippen LogP contribution in [-0.4, -0.2) is 112 Å². The standard InChI is InChI=1S/C44H43F4N7O5/c1-23-11-28-27-5-2-3-6-33(27)49-39(28)40(54(23)18-35(47)48)38-31(45)14-26(15-32(38)46)53-21-44(22-53)9-4-10-52(20-44)37(57)19-51-16-24-12-29-30(13-25(24)17-51)43(60)55(42(29)59)34-7-8-36(56)50-41(34)58/h2-3,5-6,12-15,23,34-35,40,49H,4,7-11,16-22H2,1H3,(H,50,56,58)/t23-,34?,40-/m1/s1. The fourth-order valence-corrected chi connectivity index (χ4v) is 10.7. The van der Waals surface area contributed by atoms with Crippen molar-refractivity contribution in [2.75, 3.05) is 44.2 Å². The van der Waals surface area contributed by atoms with Crippen LogP contribution in [0.2, 0.25) is 0 Å². The summed E-state index contributed by atoms with van der Waals surface area (Å²) in [5, 5.41) is 3.12. The van der Waals surface area contributed by atoms with Crippen LogP contribution in [-0.2, 0) is 33.9 Å². The summed E-state index contributed by atoms with van der Waals surface area (Å²) in [5.41, 5.74) is 4.10. The molecule has 6 aliphatic heterocycles. The Morgan fingerprint density at radius 2 is 1.62 bits per heavy atom. The Bertz CT molecular complexity index is 2450. The smallest absolute Gasteiger partial charge is 0.262 e. The third kappa shape index (κ3) is 6.28. The number of benzene rings is 3. The minimum absolute atomic E-state index is 0.0371. The van der Waals surface area contributed by atoms with Gasteiger partial charge < -0.3 is 14.8 Å². The summed E-state index contributed by atoms with van der Waals surface area (Å²) >= 11 is 0. The summed E-state index contributed by atoms with van der Waals surface area (Å²) in [4.78, 5) is 76.0. The summed E-state index contributed by atoms with van der Waals surface area (Å²) in [7, 11) is 0. The largest absolute Gasteiger partial charge is 0.370 e. The minimum atomic E-state index is -2.70. The first-order valence-corrected chi connectivity index (χ1v) is 20.5. The van der Waals surface area contributed by atoms with Crippen molar-refractivity contribution in [2.24, 2.45) is 5.41 Å². The Morgan fingerprint density at radius 3 is 2.28 bits per heavy atom. The number of para-hydroxylation sites is 1. The van der Waals surface area contributed by atoms with E-state index < -0.39 is 60.3 Å². The van der Waals surface area contributed by atoms with Crippen LogP contribution in [0.3, 0.4) is 0 Å². The molecular weight excluding hydrogens is 783 g/mol. The van der Waals surface area contributed by atoms with Crippen LogP contribution in [0.1, 0.15) is 87.3 Å². The first-order chi connectivity index (χ1) is 28.8. The number of imide groups is 2. The van der Waals surface area contributed by atoms with Gasteiger partial charge in [-0.15, -0.1) is 0 Å². The van der Waals surface area contributed by atoms with Gasteiger partial charge in [0.25, 0.3) is 18.2 Å². The molecule has 312 valence electrons. The molecule has 60 heavy (non-hydrogen) atoms. The summed E-state index contributed by atoms with van der Waals surface area (Å²) in [6, 6.07) is 11.0. The van der Waals surface area contributed by atoms with E-state index in [9.17, 15) is 32.8 Å². The molecule has 0 radical (unpaired) electrons. The summed E-state index contributed by atoms with van der Waals surface area (Å²) in [6.45, 7) is 4.17. The van der Waals surface area contributed by atoms with Gasteiger partial charge in [-0.05, 0) is 79.6 Å². The second-order valence-corrected chi connectivity index (χ2v) is 17.5. The van der Waals surface area contributed by atoms with Gasteiger partial charge in [0.15, 0.2) is 0 Å². The SMILES string of the molecule is C[C@@H]1Cc2c([nH]c3ccccc23)[C@@H](c2c(F)cc(N3CC4(CCCN(C(=O)CN5Cc6cc7c(cc6C5)C(=O)N(C5CCC(=O)NC5=O)C7=O)C4)C3)cc2F)N1CC(F)F. The van der Waals surface area contributed by atoms with Gasteiger partial charge >= 0.3 is 0 Å². The lowest BCUT2D eigenvalue weighted by molar-refractivity contribution is -0.137. The van der Waals surface area contributed by atoms with Gasteiger partial charge in [0, 0.05) is 85.0 Å². The molecule has 12 nitrogen and oxygen atoms in total. The molecule has 1 aromatic heterocycles. The number of hydrogen-bond donors (Lipinski definition) is 2. The second-order valence-electron chi connectivity index (χ2n) is 17.5. The molecule has 6 aliphatic rings. The minimum Gasteiger partial charge on any atom is -0.370 e. The molecule has 3 fully saturated rings. The Balaban J connectivity index is 0.801. The molecule has 10 rings (SSSR count). The van der Waals surface area contributed by atoms with Crippen LogP contribution in [0.4, 0.5) is 23.2 Å². The average Bonchev–Trinajstić information content (AvgIpc) is 3.84. The van der Waals surface area contributed by atoms with E-state index in [1.165, 1.54) is 17.0 Å². The van der Waals surface area contributed by atoms with E-state index in [-0.39, 0.29) is 53.4 Å². The lowest BCUT2D eigenvalue weighted by atomic mass is 9.73. The predicted molar refractivity (Wildman–Crippen MR) is 210 cm³/mol. The van der Waals surface area contributed by atoms with Crippen LogP contribution in [0.15, 0.2) is 48.5 Å². The van der Waals surface area contributed by atoms with Crippen molar-refractivity contribution in [1.82, 2.24) is 29.9 Å². The molecule has 3 saturated heterocycles. The maximum atomic E-state index is 16.3. The lowest BCUT2D eigenvalue weighted by Crippen LogP contribution is -2.64. The van der Waals surface area contributed by atoms with Crippen LogP contribution in [0.25, 0.3) is 10.9 Å². The molecule has 4 aromatic rings. The molecule has 0 aliphatic carbocycles. The van der Waals surface area contributed by atoms with Gasteiger partial charge in [0.1, 0.15) is 17.7 Å². The molecule has 1 unspecified atom stereocenters. The van der Waals surface area contributed by atoms with Crippen molar-refractivity contribution >= 4 is 46.1 Å². The topological polar surface area (TPSA) is 129 Å². The zero-order chi connectivity index (χ0) is 41.8. The Hall–Kier alpha value is -5.61. The number of nitrogens with one attached hydrogen (secondary N) is 2. The number of anilines is 1. The number of likely N-dealkylation sites (tertiary alicyclic amines) is 1. The van der Waals surface area contributed by atoms with E-state index in [2.05, 4.69) is 10.3 Å². The molecule has 1 spiro atoms. The number of aromatic nitrogens is 1. The Morgan fingerprint density at radius 1 is 0.933 bits per heavy atom. The number of carbonyl (C=O) groups is 5. The molecule has 2 N–H and O–H groups in total. The van der Waals surface area contributed by atoms with E-state index in [1.54, 1.807) is 12.1 Å². The highest BCUT2D eigenvalue weighted by Crippen LogP contribution is 2.46. The van der Waals surface area contributed by atoms with Crippen LogP contribution < -0.4 is 10.2 Å². The molecule has 7 heterocycles. The number of nitrogens with zero attached hydrogens (tertiary/aromatic N) is 5. The first kappa shape index (κ1) is 38.6. The van der Waals surface area contributed by atoms with Gasteiger partial charge in [-0.3, -0.25) is 44.0 Å². The number of halogens is 4. The zero-order valence-electron chi connectivity index (χ0n) is 32.9.